The van der Waals surface area contributed by atoms with Gasteiger partial charge in [-0.1, -0.05) is 25.1 Å². The van der Waals surface area contributed by atoms with Crippen LogP contribution < -0.4 is 4.90 Å². The minimum absolute atomic E-state index is 0.146. The molecule has 2 heterocycles. The number of hydrogen-bond acceptors (Lipinski definition) is 3. The normalized spacial score (nSPS) is 21.0. The smallest absolute Gasteiger partial charge is 0.422 e. The molecule has 2 unspecified atom stereocenters. The van der Waals surface area contributed by atoms with Gasteiger partial charge in [0.2, 0.25) is 5.91 Å². The van der Waals surface area contributed by atoms with Crippen molar-refractivity contribution in [2.45, 2.75) is 44.8 Å². The van der Waals surface area contributed by atoms with Crippen molar-refractivity contribution in [2.75, 3.05) is 11.5 Å². The number of benzene rings is 2. The number of carbonyl (C=O) groups is 1. The molecule has 1 aliphatic carbocycles. The van der Waals surface area contributed by atoms with Crippen LogP contribution in [-0.4, -0.2) is 28.2 Å². The summed E-state index contributed by atoms with van der Waals surface area (Å²) in [4.78, 5) is 19.8. The van der Waals surface area contributed by atoms with E-state index in [9.17, 15) is 31.1 Å². The highest BCUT2D eigenvalue weighted by Crippen LogP contribution is 2.42. The number of nitrogens with zero attached hydrogens (tertiary/aromatic N) is 3. The molecule has 2 atom stereocenters. The fourth-order valence-electron chi connectivity index (χ4n) is 5.40. The first-order valence-electron chi connectivity index (χ1n) is 12.9. The van der Waals surface area contributed by atoms with Crippen molar-refractivity contribution in [2.24, 2.45) is 13.0 Å². The number of rotatable bonds is 6. The molecule has 0 N–H and O–H groups in total. The Bertz CT molecular complexity index is 1570. The molecule has 2 aliphatic rings. The summed E-state index contributed by atoms with van der Waals surface area (Å²) in [5.74, 6) is -3.73. The number of ether oxygens (including phenoxy) is 1. The van der Waals surface area contributed by atoms with Crippen molar-refractivity contribution in [1.82, 2.24) is 9.55 Å². The molecule has 1 amide bonds. The van der Waals surface area contributed by atoms with Gasteiger partial charge in [0.25, 0.3) is 0 Å². The third kappa shape index (κ3) is 5.62. The predicted octanol–water partition coefficient (Wildman–Crippen LogP) is 6.77. The van der Waals surface area contributed by atoms with Crippen LogP contribution in [0.5, 0.6) is 0 Å². The van der Waals surface area contributed by atoms with Crippen molar-refractivity contribution >= 4 is 17.3 Å². The summed E-state index contributed by atoms with van der Waals surface area (Å²) >= 11 is 0. The fourth-order valence-corrected chi connectivity index (χ4v) is 5.40. The van der Waals surface area contributed by atoms with Crippen LogP contribution in [0.1, 0.15) is 42.5 Å². The summed E-state index contributed by atoms with van der Waals surface area (Å²) < 4.78 is 88.3. The third-order valence-electron chi connectivity index (χ3n) is 7.54. The number of amides is 1. The molecule has 0 saturated carbocycles. The van der Waals surface area contributed by atoms with E-state index in [0.29, 0.717) is 40.6 Å². The van der Waals surface area contributed by atoms with Crippen LogP contribution >= 0.6 is 0 Å². The molecule has 0 radical (unpaired) electrons. The van der Waals surface area contributed by atoms with Crippen molar-refractivity contribution in [3.05, 3.63) is 100 Å². The Kier molecular flexibility index (Phi) is 7.25. The van der Waals surface area contributed by atoms with Gasteiger partial charge in [0.05, 0.1) is 18.3 Å². The average molecular weight is 576 g/mol. The summed E-state index contributed by atoms with van der Waals surface area (Å²) in [6.07, 6.45) is 2.21. The highest BCUT2D eigenvalue weighted by molar-refractivity contribution is 6.02. The lowest BCUT2D eigenvalue weighted by Gasteiger charge is -2.41. The first-order valence-corrected chi connectivity index (χ1v) is 12.9. The minimum atomic E-state index is -4.49. The van der Waals surface area contributed by atoms with Gasteiger partial charge in [0.1, 0.15) is 11.6 Å². The number of imidazole rings is 1. The van der Waals surface area contributed by atoms with Gasteiger partial charge in [0, 0.05) is 25.2 Å². The number of halogens is 6. The second-order valence-corrected chi connectivity index (χ2v) is 10.8. The Hall–Kier alpha value is -4.02. The van der Waals surface area contributed by atoms with Gasteiger partial charge >= 0.3 is 6.18 Å². The number of allylic oxidation sites excluding steroid dienone is 4. The minimum Gasteiger partial charge on any atom is -0.488 e. The second kappa shape index (κ2) is 10.4. The molecule has 0 saturated heterocycles. The number of aromatic nitrogens is 2. The zero-order chi connectivity index (χ0) is 29.7. The van der Waals surface area contributed by atoms with Crippen LogP contribution in [0.2, 0.25) is 0 Å². The number of aryl methyl sites for hydroxylation is 1. The van der Waals surface area contributed by atoms with E-state index in [1.807, 2.05) is 6.08 Å². The SMILES string of the molecule is CC1CC=C(c2ccc3c(c2)C(C)(Cc2cc(F)cc(F)c2F)C(=O)N(c2cn(C)cn2)C3)C=C1OCC(F)(F)F. The van der Waals surface area contributed by atoms with E-state index in [1.165, 1.54) is 11.2 Å². The van der Waals surface area contributed by atoms with Gasteiger partial charge in [-0.25, -0.2) is 18.2 Å². The number of alkyl halides is 3. The Morgan fingerprint density at radius 1 is 1.15 bits per heavy atom. The lowest BCUT2D eigenvalue weighted by atomic mass is 9.71. The predicted molar refractivity (Wildman–Crippen MR) is 140 cm³/mol. The highest BCUT2D eigenvalue weighted by atomic mass is 19.4. The van der Waals surface area contributed by atoms with E-state index < -0.39 is 41.6 Å². The van der Waals surface area contributed by atoms with Crippen molar-refractivity contribution < 1.29 is 35.9 Å². The molecule has 0 fully saturated rings. The van der Waals surface area contributed by atoms with Gasteiger partial charge in [-0.3, -0.25) is 9.69 Å². The number of carbonyl (C=O) groups excluding carboxylic acids is 1. The number of anilines is 1. The molecule has 5 rings (SSSR count). The Morgan fingerprint density at radius 2 is 1.90 bits per heavy atom. The maximum Gasteiger partial charge on any atom is 0.422 e. The van der Waals surface area contributed by atoms with Gasteiger partial charge in [-0.15, -0.1) is 0 Å². The summed E-state index contributed by atoms with van der Waals surface area (Å²) in [7, 11) is 1.74. The summed E-state index contributed by atoms with van der Waals surface area (Å²) in [6, 6.07) is 6.62. The first kappa shape index (κ1) is 28.5. The molecule has 0 spiro atoms. The molecular formula is C30H27F6N3O2. The van der Waals surface area contributed by atoms with Crippen LogP contribution in [0.4, 0.5) is 32.2 Å². The summed E-state index contributed by atoms with van der Waals surface area (Å²) in [5.41, 5.74) is 0.673. The molecule has 0 bridgehead atoms. The zero-order valence-electron chi connectivity index (χ0n) is 22.5. The lowest BCUT2D eigenvalue weighted by Crippen LogP contribution is -2.51. The standard InChI is InChI=1S/C30H27F6N3O2/c1-17-4-5-19(10-25(17)41-15-30(34,35)36)18-6-7-20-13-39(26-14-38(3)16-37-26)28(40)29(2,23(20)9-18)12-21-8-22(31)11-24(32)27(21)33/h5-11,14,16-17H,4,12-13,15H2,1-3H3. The first-order chi connectivity index (χ1) is 19.2. The van der Waals surface area contributed by atoms with E-state index in [0.717, 1.165) is 6.07 Å². The third-order valence-corrected chi connectivity index (χ3v) is 7.54. The molecular weight excluding hydrogens is 548 g/mol. The van der Waals surface area contributed by atoms with Crippen LogP contribution in [0.25, 0.3) is 5.57 Å². The van der Waals surface area contributed by atoms with Crippen LogP contribution in [0, 0.1) is 23.4 Å². The highest BCUT2D eigenvalue weighted by Gasteiger charge is 2.45. The molecule has 5 nitrogen and oxygen atoms in total. The van der Waals surface area contributed by atoms with E-state index in [1.54, 1.807) is 55.9 Å². The largest absolute Gasteiger partial charge is 0.488 e. The van der Waals surface area contributed by atoms with Gasteiger partial charge < -0.3 is 9.30 Å². The van der Waals surface area contributed by atoms with Crippen molar-refractivity contribution in [3.8, 4) is 0 Å². The summed E-state index contributed by atoms with van der Waals surface area (Å²) in [6.45, 7) is 2.08. The maximum atomic E-state index is 14.8. The van der Waals surface area contributed by atoms with E-state index in [4.69, 9.17) is 4.74 Å². The topological polar surface area (TPSA) is 47.4 Å². The van der Waals surface area contributed by atoms with Crippen LogP contribution in [0.15, 0.2) is 60.8 Å². The maximum absolute atomic E-state index is 14.8. The zero-order valence-corrected chi connectivity index (χ0v) is 22.5. The Labute approximate surface area is 232 Å². The monoisotopic (exact) mass is 575 g/mol. The summed E-state index contributed by atoms with van der Waals surface area (Å²) in [5, 5.41) is 0. The molecule has 2 aromatic carbocycles. The molecule has 1 aromatic heterocycles. The quantitative estimate of drug-likeness (QED) is 0.241. The molecule has 41 heavy (non-hydrogen) atoms. The van der Waals surface area contributed by atoms with E-state index in [2.05, 4.69) is 4.98 Å². The average Bonchev–Trinajstić information content (AvgIpc) is 3.34. The van der Waals surface area contributed by atoms with Crippen molar-refractivity contribution in [3.63, 3.8) is 0 Å². The molecule has 216 valence electrons. The lowest BCUT2D eigenvalue weighted by molar-refractivity contribution is -0.166. The number of fused-ring (bicyclic) bond motifs is 1. The Morgan fingerprint density at radius 3 is 2.59 bits per heavy atom. The molecule has 11 heteroatoms. The van der Waals surface area contributed by atoms with E-state index >= 15 is 0 Å². The molecule has 3 aromatic rings. The fraction of sp³-hybridized carbons (Fsp3) is 0.333. The Balaban J connectivity index is 1.59. The van der Waals surface area contributed by atoms with Gasteiger partial charge in [0.15, 0.2) is 24.1 Å². The van der Waals surface area contributed by atoms with Crippen LogP contribution in [0.3, 0.4) is 0 Å². The number of hydrogen-bond donors (Lipinski definition) is 0. The van der Waals surface area contributed by atoms with Crippen LogP contribution in [-0.2, 0) is 35.0 Å². The molecule has 1 aliphatic heterocycles. The second-order valence-electron chi connectivity index (χ2n) is 10.8. The van der Waals surface area contributed by atoms with Gasteiger partial charge in [-0.2, -0.15) is 13.2 Å². The van der Waals surface area contributed by atoms with E-state index in [-0.39, 0.29) is 30.2 Å². The van der Waals surface area contributed by atoms with Gasteiger partial charge in [-0.05, 0) is 65.8 Å². The van der Waals surface area contributed by atoms with Crippen molar-refractivity contribution in [1.29, 1.82) is 0 Å².